The third-order valence-corrected chi connectivity index (χ3v) is 2.31. The second kappa shape index (κ2) is 6.57. The summed E-state index contributed by atoms with van der Waals surface area (Å²) in [6, 6.07) is -0.0695. The lowest BCUT2D eigenvalue weighted by Gasteiger charge is -2.25. The van der Waals surface area contributed by atoms with Crippen molar-refractivity contribution in [2.75, 3.05) is 20.3 Å². The molecule has 1 heterocycles. The summed E-state index contributed by atoms with van der Waals surface area (Å²) >= 11 is 0. The molecule has 1 rings (SSSR count). The monoisotopic (exact) mass is 228 g/mol. The van der Waals surface area contributed by atoms with Gasteiger partial charge in [0, 0.05) is 20.3 Å². The molecule has 6 heteroatoms. The minimum absolute atomic E-state index is 0.0695. The summed E-state index contributed by atoms with van der Waals surface area (Å²) in [6.07, 6.45) is 1.39. The molecule has 0 saturated heterocycles. The van der Waals surface area contributed by atoms with Crippen LogP contribution in [-0.2, 0) is 16.5 Å². The van der Waals surface area contributed by atoms with Gasteiger partial charge in [-0.1, -0.05) is 5.21 Å². The molecular weight excluding hydrogens is 208 g/mol. The van der Waals surface area contributed by atoms with Crippen molar-refractivity contribution in [3.8, 4) is 0 Å². The molecule has 16 heavy (non-hydrogen) atoms. The van der Waals surface area contributed by atoms with Crippen LogP contribution in [0.25, 0.3) is 0 Å². The van der Waals surface area contributed by atoms with Gasteiger partial charge in [0.15, 0.2) is 6.29 Å². The maximum Gasteiger partial charge on any atom is 0.178 e. The van der Waals surface area contributed by atoms with Crippen LogP contribution in [0.15, 0.2) is 6.20 Å². The van der Waals surface area contributed by atoms with Crippen molar-refractivity contribution in [1.82, 2.24) is 20.3 Å². The van der Waals surface area contributed by atoms with Crippen LogP contribution in [0.1, 0.15) is 25.6 Å². The van der Waals surface area contributed by atoms with Gasteiger partial charge in [0.2, 0.25) is 0 Å². The first-order valence-corrected chi connectivity index (χ1v) is 5.49. The van der Waals surface area contributed by atoms with Crippen molar-refractivity contribution >= 4 is 0 Å². The van der Waals surface area contributed by atoms with Gasteiger partial charge in [-0.25, -0.2) is 0 Å². The Bertz CT molecular complexity index is 297. The summed E-state index contributed by atoms with van der Waals surface area (Å²) in [6.45, 7) is 5.10. The lowest BCUT2D eigenvalue weighted by molar-refractivity contribution is -0.155. The second-order valence-electron chi connectivity index (χ2n) is 3.33. The van der Waals surface area contributed by atoms with Gasteiger partial charge in [0.1, 0.15) is 6.04 Å². The quantitative estimate of drug-likeness (QED) is 0.688. The molecule has 92 valence electrons. The van der Waals surface area contributed by atoms with Crippen molar-refractivity contribution in [3.63, 3.8) is 0 Å². The molecule has 0 fully saturated rings. The molecule has 0 aliphatic rings. The van der Waals surface area contributed by atoms with E-state index in [1.165, 1.54) is 0 Å². The molecule has 0 bridgehead atoms. The zero-order valence-corrected chi connectivity index (χ0v) is 10.3. The molecule has 1 atom stereocenters. The van der Waals surface area contributed by atoms with E-state index in [2.05, 4.69) is 15.6 Å². The average Bonchev–Trinajstić information content (AvgIpc) is 2.67. The third kappa shape index (κ3) is 3.01. The predicted molar refractivity (Wildman–Crippen MR) is 59.8 cm³/mol. The van der Waals surface area contributed by atoms with E-state index < -0.39 is 0 Å². The number of ether oxygens (including phenoxy) is 2. The SMILES string of the molecule is CCOC(OCC)C(NC)c1cnnn1C. The highest BCUT2D eigenvalue weighted by Gasteiger charge is 2.25. The Kier molecular flexibility index (Phi) is 5.37. The molecule has 1 N–H and O–H groups in total. The second-order valence-corrected chi connectivity index (χ2v) is 3.33. The van der Waals surface area contributed by atoms with Crippen LogP contribution in [0.5, 0.6) is 0 Å². The molecule has 0 saturated carbocycles. The highest BCUT2D eigenvalue weighted by molar-refractivity contribution is 5.02. The summed E-state index contributed by atoms with van der Waals surface area (Å²) < 4.78 is 12.8. The van der Waals surface area contributed by atoms with E-state index in [-0.39, 0.29) is 12.3 Å². The van der Waals surface area contributed by atoms with E-state index in [0.717, 1.165) is 5.69 Å². The van der Waals surface area contributed by atoms with Crippen LogP contribution < -0.4 is 5.32 Å². The minimum Gasteiger partial charge on any atom is -0.351 e. The van der Waals surface area contributed by atoms with Crippen LogP contribution in [0.3, 0.4) is 0 Å². The van der Waals surface area contributed by atoms with E-state index >= 15 is 0 Å². The van der Waals surface area contributed by atoms with E-state index in [4.69, 9.17) is 9.47 Å². The van der Waals surface area contributed by atoms with E-state index in [9.17, 15) is 0 Å². The third-order valence-electron chi connectivity index (χ3n) is 2.31. The summed E-state index contributed by atoms with van der Waals surface area (Å²) in [7, 11) is 3.71. The number of nitrogens with zero attached hydrogens (tertiary/aromatic N) is 3. The number of nitrogens with one attached hydrogen (secondary N) is 1. The van der Waals surface area contributed by atoms with Crippen molar-refractivity contribution < 1.29 is 9.47 Å². The maximum absolute atomic E-state index is 5.56. The fourth-order valence-corrected chi connectivity index (χ4v) is 1.57. The normalized spacial score (nSPS) is 13.3. The Hall–Kier alpha value is -0.980. The van der Waals surface area contributed by atoms with Gasteiger partial charge in [0.05, 0.1) is 11.9 Å². The zero-order valence-electron chi connectivity index (χ0n) is 10.3. The Balaban J connectivity index is 2.81. The standard InChI is InChI=1S/C10H20N4O2/c1-5-15-10(16-6-2)9(11-3)8-7-12-13-14(8)4/h7,9-11H,5-6H2,1-4H3. The predicted octanol–water partition coefficient (Wildman–Crippen LogP) is 0.475. The van der Waals surface area contributed by atoms with Crippen LogP contribution in [-0.4, -0.2) is 41.5 Å². The molecule has 0 aromatic carbocycles. The number of aromatic nitrogens is 3. The number of hydrogen-bond acceptors (Lipinski definition) is 5. The first-order valence-electron chi connectivity index (χ1n) is 5.49. The topological polar surface area (TPSA) is 61.2 Å². The van der Waals surface area contributed by atoms with Gasteiger partial charge in [-0.3, -0.25) is 4.68 Å². The molecule has 6 nitrogen and oxygen atoms in total. The largest absolute Gasteiger partial charge is 0.351 e. The highest BCUT2D eigenvalue weighted by Crippen LogP contribution is 2.18. The first kappa shape index (κ1) is 13.1. The summed E-state index contributed by atoms with van der Waals surface area (Å²) in [4.78, 5) is 0. The summed E-state index contributed by atoms with van der Waals surface area (Å²) in [5, 5.41) is 10.9. The minimum atomic E-state index is -0.322. The van der Waals surface area contributed by atoms with Crippen molar-refractivity contribution in [1.29, 1.82) is 0 Å². The van der Waals surface area contributed by atoms with Crippen LogP contribution in [0.4, 0.5) is 0 Å². The number of rotatable bonds is 7. The Morgan fingerprint density at radius 1 is 1.38 bits per heavy atom. The molecule has 0 aliphatic heterocycles. The number of hydrogen-bond donors (Lipinski definition) is 1. The zero-order chi connectivity index (χ0) is 12.0. The van der Waals surface area contributed by atoms with Crippen LogP contribution in [0.2, 0.25) is 0 Å². The lowest BCUT2D eigenvalue weighted by Crippen LogP contribution is -2.35. The first-order chi connectivity index (χ1) is 7.74. The molecule has 0 radical (unpaired) electrons. The maximum atomic E-state index is 5.56. The lowest BCUT2D eigenvalue weighted by atomic mass is 10.2. The molecule has 0 amide bonds. The molecule has 1 aromatic heterocycles. The Labute approximate surface area is 95.9 Å². The van der Waals surface area contributed by atoms with Crippen molar-refractivity contribution in [2.45, 2.75) is 26.2 Å². The van der Waals surface area contributed by atoms with Gasteiger partial charge < -0.3 is 14.8 Å². The van der Waals surface area contributed by atoms with Gasteiger partial charge in [-0.15, -0.1) is 5.10 Å². The summed E-state index contributed by atoms with van der Waals surface area (Å²) in [5.74, 6) is 0. The van der Waals surface area contributed by atoms with E-state index in [0.29, 0.717) is 13.2 Å². The number of aryl methyl sites for hydroxylation is 1. The van der Waals surface area contributed by atoms with Gasteiger partial charge in [-0.05, 0) is 20.9 Å². The summed E-state index contributed by atoms with van der Waals surface area (Å²) in [5.41, 5.74) is 0.939. The fourth-order valence-electron chi connectivity index (χ4n) is 1.57. The molecule has 0 spiro atoms. The molecular formula is C10H20N4O2. The average molecular weight is 228 g/mol. The highest BCUT2D eigenvalue weighted by atomic mass is 16.7. The number of likely N-dealkylation sites (N-methyl/N-ethyl adjacent to an activating group) is 1. The molecule has 1 aromatic rings. The van der Waals surface area contributed by atoms with Crippen LogP contribution in [0, 0.1) is 0 Å². The fraction of sp³-hybridized carbons (Fsp3) is 0.800. The van der Waals surface area contributed by atoms with Gasteiger partial charge in [-0.2, -0.15) is 0 Å². The van der Waals surface area contributed by atoms with Gasteiger partial charge in [0.25, 0.3) is 0 Å². The smallest absolute Gasteiger partial charge is 0.178 e. The molecule has 1 unspecified atom stereocenters. The Morgan fingerprint density at radius 3 is 2.38 bits per heavy atom. The van der Waals surface area contributed by atoms with Crippen molar-refractivity contribution in [2.24, 2.45) is 7.05 Å². The Morgan fingerprint density at radius 2 is 2.00 bits per heavy atom. The van der Waals surface area contributed by atoms with E-state index in [1.54, 1.807) is 10.9 Å². The van der Waals surface area contributed by atoms with Crippen molar-refractivity contribution in [3.05, 3.63) is 11.9 Å². The van der Waals surface area contributed by atoms with Gasteiger partial charge >= 0.3 is 0 Å². The van der Waals surface area contributed by atoms with E-state index in [1.807, 2.05) is 27.9 Å². The molecule has 0 aliphatic carbocycles. The van der Waals surface area contributed by atoms with Crippen LogP contribution >= 0.6 is 0 Å².